The molecule has 1 saturated heterocycles. The molecule has 2 aromatic rings. The van der Waals surface area contributed by atoms with E-state index in [1.807, 2.05) is 23.7 Å². The van der Waals surface area contributed by atoms with Crippen LogP contribution in [0.2, 0.25) is 0 Å². The molecule has 1 fully saturated rings. The van der Waals surface area contributed by atoms with Crippen LogP contribution in [0.1, 0.15) is 18.5 Å². The van der Waals surface area contributed by atoms with Gasteiger partial charge in [0.25, 0.3) is 0 Å². The topological polar surface area (TPSA) is 69.2 Å². The molecule has 0 unspecified atom stereocenters. The normalized spacial score (nSPS) is 17.2. The standard InChI is InChI=1S/C14H18N6/c1-11-10-13-14(16-5-9-20(13)18-11)17-12-2-6-19(7-3-12)8-4-15/h5,9-10,12H,2-3,6-8H2,1H3,(H,16,17). The van der Waals surface area contributed by atoms with Gasteiger partial charge in [0.15, 0.2) is 5.82 Å². The lowest BCUT2D eigenvalue weighted by atomic mass is 10.1. The Kier molecular flexibility index (Phi) is 3.52. The number of nitrogens with one attached hydrogen (secondary N) is 1. The van der Waals surface area contributed by atoms with Crippen molar-refractivity contribution in [3.05, 3.63) is 24.2 Å². The lowest BCUT2D eigenvalue weighted by molar-refractivity contribution is 0.242. The fraction of sp³-hybridized carbons (Fsp3) is 0.500. The van der Waals surface area contributed by atoms with Crippen LogP contribution in [0.4, 0.5) is 5.82 Å². The minimum atomic E-state index is 0.416. The zero-order chi connectivity index (χ0) is 13.9. The summed E-state index contributed by atoms with van der Waals surface area (Å²) < 4.78 is 1.86. The molecule has 1 aliphatic heterocycles. The van der Waals surface area contributed by atoms with E-state index in [0.29, 0.717) is 12.6 Å². The Morgan fingerprint density at radius 2 is 2.25 bits per heavy atom. The molecule has 0 amide bonds. The zero-order valence-electron chi connectivity index (χ0n) is 11.6. The van der Waals surface area contributed by atoms with Gasteiger partial charge in [-0.1, -0.05) is 0 Å². The summed E-state index contributed by atoms with van der Waals surface area (Å²) in [5, 5.41) is 16.6. The minimum absolute atomic E-state index is 0.416. The zero-order valence-corrected chi connectivity index (χ0v) is 11.6. The highest BCUT2D eigenvalue weighted by Crippen LogP contribution is 2.19. The molecule has 3 rings (SSSR count). The second kappa shape index (κ2) is 5.47. The number of nitriles is 1. The summed E-state index contributed by atoms with van der Waals surface area (Å²) >= 11 is 0. The van der Waals surface area contributed by atoms with Gasteiger partial charge in [-0.15, -0.1) is 0 Å². The van der Waals surface area contributed by atoms with Gasteiger partial charge in [-0.3, -0.25) is 4.90 Å². The summed E-state index contributed by atoms with van der Waals surface area (Å²) in [4.78, 5) is 6.62. The second-order valence-electron chi connectivity index (χ2n) is 5.24. The molecule has 0 bridgehead atoms. The number of aryl methyl sites for hydroxylation is 1. The van der Waals surface area contributed by atoms with E-state index in [0.717, 1.165) is 43.0 Å². The predicted octanol–water partition coefficient (Wildman–Crippen LogP) is 1.44. The SMILES string of the molecule is Cc1cc2c(NC3CCN(CC#N)CC3)nccn2n1. The summed E-state index contributed by atoms with van der Waals surface area (Å²) in [6, 6.07) is 4.67. The fourth-order valence-electron chi connectivity index (χ4n) is 2.68. The average molecular weight is 270 g/mol. The average Bonchev–Trinajstić information content (AvgIpc) is 2.83. The molecular weight excluding hydrogens is 252 g/mol. The van der Waals surface area contributed by atoms with Crippen LogP contribution in [0.5, 0.6) is 0 Å². The maximum atomic E-state index is 8.71. The Balaban J connectivity index is 1.70. The first-order valence-electron chi connectivity index (χ1n) is 6.93. The molecule has 0 spiro atoms. The third-order valence-corrected chi connectivity index (χ3v) is 3.73. The summed E-state index contributed by atoms with van der Waals surface area (Å²) in [5.41, 5.74) is 2.01. The van der Waals surface area contributed by atoms with Crippen molar-refractivity contribution < 1.29 is 0 Å². The number of likely N-dealkylation sites (tertiary alicyclic amines) is 1. The van der Waals surface area contributed by atoms with Gasteiger partial charge in [0.2, 0.25) is 0 Å². The minimum Gasteiger partial charge on any atom is -0.365 e. The second-order valence-corrected chi connectivity index (χ2v) is 5.24. The summed E-state index contributed by atoms with van der Waals surface area (Å²) in [6.45, 7) is 4.44. The van der Waals surface area contributed by atoms with Gasteiger partial charge in [-0.2, -0.15) is 10.4 Å². The van der Waals surface area contributed by atoms with Crippen LogP contribution in [0, 0.1) is 18.3 Å². The van der Waals surface area contributed by atoms with Crippen molar-refractivity contribution in [2.24, 2.45) is 0 Å². The van der Waals surface area contributed by atoms with Crippen LogP contribution in [0.3, 0.4) is 0 Å². The molecular formula is C14H18N6. The van der Waals surface area contributed by atoms with E-state index in [1.54, 1.807) is 6.20 Å². The maximum Gasteiger partial charge on any atom is 0.152 e. The number of anilines is 1. The van der Waals surface area contributed by atoms with E-state index >= 15 is 0 Å². The number of hydrogen-bond acceptors (Lipinski definition) is 5. The molecule has 20 heavy (non-hydrogen) atoms. The third-order valence-electron chi connectivity index (χ3n) is 3.73. The summed E-state index contributed by atoms with van der Waals surface area (Å²) in [6.07, 6.45) is 5.71. The molecule has 0 saturated carbocycles. The van der Waals surface area contributed by atoms with Crippen molar-refractivity contribution in [2.45, 2.75) is 25.8 Å². The van der Waals surface area contributed by atoms with Crippen molar-refractivity contribution in [3.8, 4) is 6.07 Å². The maximum absolute atomic E-state index is 8.71. The van der Waals surface area contributed by atoms with Crippen molar-refractivity contribution in [2.75, 3.05) is 25.0 Å². The Hall–Kier alpha value is -2.13. The van der Waals surface area contributed by atoms with Crippen LogP contribution < -0.4 is 5.32 Å². The number of piperidine rings is 1. The van der Waals surface area contributed by atoms with Gasteiger partial charge in [0.1, 0.15) is 5.52 Å². The van der Waals surface area contributed by atoms with Crippen LogP contribution in [0.15, 0.2) is 18.5 Å². The number of aromatic nitrogens is 3. The number of fused-ring (bicyclic) bond motifs is 1. The molecule has 2 aromatic heterocycles. The van der Waals surface area contributed by atoms with E-state index in [1.165, 1.54) is 0 Å². The van der Waals surface area contributed by atoms with Gasteiger partial charge in [-0.25, -0.2) is 9.50 Å². The lowest BCUT2D eigenvalue weighted by Gasteiger charge is -2.31. The van der Waals surface area contributed by atoms with Crippen LogP contribution in [-0.2, 0) is 0 Å². The van der Waals surface area contributed by atoms with E-state index in [9.17, 15) is 0 Å². The molecule has 6 heteroatoms. The fourth-order valence-corrected chi connectivity index (χ4v) is 2.68. The molecule has 104 valence electrons. The predicted molar refractivity (Wildman–Crippen MR) is 76.4 cm³/mol. The van der Waals surface area contributed by atoms with Crippen LogP contribution >= 0.6 is 0 Å². The molecule has 0 aliphatic carbocycles. The van der Waals surface area contributed by atoms with Gasteiger partial charge >= 0.3 is 0 Å². The molecule has 0 atom stereocenters. The van der Waals surface area contributed by atoms with Gasteiger partial charge in [0.05, 0.1) is 18.3 Å². The first-order chi connectivity index (χ1) is 9.76. The Bertz CT molecular complexity index is 633. The summed E-state index contributed by atoms with van der Waals surface area (Å²) in [5.74, 6) is 0.895. The Morgan fingerprint density at radius 3 is 3.00 bits per heavy atom. The van der Waals surface area contributed by atoms with Crippen molar-refractivity contribution in [3.63, 3.8) is 0 Å². The molecule has 1 aliphatic rings. The monoisotopic (exact) mass is 270 g/mol. The quantitative estimate of drug-likeness (QED) is 0.855. The molecule has 3 heterocycles. The first-order valence-corrected chi connectivity index (χ1v) is 6.93. The number of rotatable bonds is 3. The van der Waals surface area contributed by atoms with Crippen LogP contribution in [-0.4, -0.2) is 45.2 Å². The molecule has 0 aromatic carbocycles. The third kappa shape index (κ3) is 2.58. The van der Waals surface area contributed by atoms with E-state index in [-0.39, 0.29) is 0 Å². The smallest absolute Gasteiger partial charge is 0.152 e. The number of hydrogen-bond donors (Lipinski definition) is 1. The van der Waals surface area contributed by atoms with Crippen LogP contribution in [0.25, 0.3) is 5.52 Å². The molecule has 1 N–H and O–H groups in total. The van der Waals surface area contributed by atoms with Gasteiger partial charge in [0, 0.05) is 31.5 Å². The first kappa shape index (κ1) is 12.9. The highest BCUT2D eigenvalue weighted by atomic mass is 15.2. The number of nitrogens with zero attached hydrogens (tertiary/aromatic N) is 5. The molecule has 0 radical (unpaired) electrons. The van der Waals surface area contributed by atoms with Crippen molar-refractivity contribution in [1.29, 1.82) is 5.26 Å². The largest absolute Gasteiger partial charge is 0.365 e. The van der Waals surface area contributed by atoms with Crippen molar-refractivity contribution in [1.82, 2.24) is 19.5 Å². The van der Waals surface area contributed by atoms with E-state index in [2.05, 4.69) is 26.4 Å². The van der Waals surface area contributed by atoms with Crippen molar-refractivity contribution >= 4 is 11.3 Å². The van der Waals surface area contributed by atoms with Gasteiger partial charge in [-0.05, 0) is 25.8 Å². The molecule has 6 nitrogen and oxygen atoms in total. The Labute approximate surface area is 118 Å². The Morgan fingerprint density at radius 1 is 1.45 bits per heavy atom. The van der Waals surface area contributed by atoms with E-state index < -0.39 is 0 Å². The lowest BCUT2D eigenvalue weighted by Crippen LogP contribution is -2.39. The van der Waals surface area contributed by atoms with E-state index in [4.69, 9.17) is 5.26 Å². The summed E-state index contributed by atoms with van der Waals surface area (Å²) in [7, 11) is 0. The highest BCUT2D eigenvalue weighted by molar-refractivity contribution is 5.68. The highest BCUT2D eigenvalue weighted by Gasteiger charge is 2.19. The van der Waals surface area contributed by atoms with Gasteiger partial charge < -0.3 is 5.32 Å².